The van der Waals surface area contributed by atoms with Crippen molar-refractivity contribution in [3.8, 4) is 0 Å². The van der Waals surface area contributed by atoms with E-state index in [1.54, 1.807) is 48.5 Å². The highest BCUT2D eigenvalue weighted by Gasteiger charge is 2.32. The molecule has 2 aromatic carbocycles. The Morgan fingerprint density at radius 3 is 2.21 bits per heavy atom. The molecule has 0 radical (unpaired) electrons. The first-order valence-corrected chi connectivity index (χ1v) is 14.1. The van der Waals surface area contributed by atoms with Crippen LogP contribution >= 0.6 is 27.5 Å². The second kappa shape index (κ2) is 12.6. The molecule has 0 bridgehead atoms. The van der Waals surface area contributed by atoms with Crippen molar-refractivity contribution in [1.29, 1.82) is 0 Å². The van der Waals surface area contributed by atoms with Crippen LogP contribution < -0.4 is 9.62 Å². The van der Waals surface area contributed by atoms with E-state index < -0.39 is 28.5 Å². The minimum atomic E-state index is -3.79. The summed E-state index contributed by atoms with van der Waals surface area (Å²) in [6, 6.07) is 12.9. The van der Waals surface area contributed by atoms with Crippen molar-refractivity contribution in [3.05, 3.63) is 63.6 Å². The first-order valence-electron chi connectivity index (χ1n) is 11.0. The van der Waals surface area contributed by atoms with Gasteiger partial charge < -0.3 is 10.2 Å². The van der Waals surface area contributed by atoms with Crippen LogP contribution in [0.4, 0.5) is 5.69 Å². The number of rotatable bonds is 11. The first kappa shape index (κ1) is 28.1. The zero-order valence-electron chi connectivity index (χ0n) is 19.8. The molecule has 0 aliphatic carbocycles. The Morgan fingerprint density at radius 2 is 1.68 bits per heavy atom. The van der Waals surface area contributed by atoms with Crippen LogP contribution in [0, 0.1) is 0 Å². The Balaban J connectivity index is 2.44. The van der Waals surface area contributed by atoms with Gasteiger partial charge in [-0.15, -0.1) is 0 Å². The van der Waals surface area contributed by atoms with Gasteiger partial charge in [-0.3, -0.25) is 13.9 Å². The molecule has 10 heteroatoms. The molecule has 0 unspecified atom stereocenters. The van der Waals surface area contributed by atoms with E-state index in [-0.39, 0.29) is 18.5 Å². The molecule has 2 rings (SSSR count). The fourth-order valence-corrected chi connectivity index (χ4v) is 5.00. The van der Waals surface area contributed by atoms with Gasteiger partial charge in [-0.1, -0.05) is 49.7 Å². The molecule has 0 fully saturated rings. The predicted molar refractivity (Wildman–Crippen MR) is 140 cm³/mol. The fourth-order valence-electron chi connectivity index (χ4n) is 3.40. The highest BCUT2D eigenvalue weighted by Crippen LogP contribution is 2.28. The number of nitrogens with one attached hydrogen (secondary N) is 1. The van der Waals surface area contributed by atoms with Gasteiger partial charge in [0.25, 0.3) is 0 Å². The second-order valence-corrected chi connectivity index (χ2v) is 11.3. The van der Waals surface area contributed by atoms with E-state index in [0.717, 1.165) is 22.5 Å². The Labute approximate surface area is 215 Å². The lowest BCUT2D eigenvalue weighted by atomic mass is 10.1. The van der Waals surface area contributed by atoms with Crippen molar-refractivity contribution in [1.82, 2.24) is 10.2 Å². The van der Waals surface area contributed by atoms with Crippen molar-refractivity contribution in [2.24, 2.45) is 0 Å². The van der Waals surface area contributed by atoms with Gasteiger partial charge in [0, 0.05) is 22.1 Å². The summed E-state index contributed by atoms with van der Waals surface area (Å²) in [6.45, 7) is 5.38. The van der Waals surface area contributed by atoms with E-state index in [4.69, 9.17) is 11.6 Å². The zero-order valence-corrected chi connectivity index (χ0v) is 23.0. The number of hydrogen-bond acceptors (Lipinski definition) is 4. The first-order chi connectivity index (χ1) is 16.0. The Bertz CT molecular complexity index is 1100. The van der Waals surface area contributed by atoms with E-state index in [0.29, 0.717) is 21.6 Å². The topological polar surface area (TPSA) is 86.8 Å². The van der Waals surface area contributed by atoms with Crippen LogP contribution in [-0.4, -0.2) is 50.0 Å². The minimum Gasteiger partial charge on any atom is -0.352 e. The summed E-state index contributed by atoms with van der Waals surface area (Å²) >= 11 is 9.37. The van der Waals surface area contributed by atoms with E-state index >= 15 is 0 Å². The summed E-state index contributed by atoms with van der Waals surface area (Å²) in [4.78, 5) is 28.1. The SMILES string of the molecule is CC[C@@H](C)NC(=O)[C@H](CC)N(Cc1ccc(Cl)cc1)C(=O)CN(c1ccccc1Br)S(C)(=O)=O. The second-order valence-electron chi connectivity index (χ2n) is 8.11. The van der Waals surface area contributed by atoms with Gasteiger partial charge in [-0.2, -0.15) is 0 Å². The van der Waals surface area contributed by atoms with Crippen LogP contribution in [0.15, 0.2) is 53.0 Å². The number of halogens is 2. The molecule has 1 N–H and O–H groups in total. The fraction of sp³-hybridized carbons (Fsp3) is 0.417. The summed E-state index contributed by atoms with van der Waals surface area (Å²) < 4.78 is 26.9. The van der Waals surface area contributed by atoms with Crippen molar-refractivity contribution in [2.75, 3.05) is 17.1 Å². The van der Waals surface area contributed by atoms with E-state index in [1.807, 2.05) is 20.8 Å². The maximum atomic E-state index is 13.6. The van der Waals surface area contributed by atoms with Gasteiger partial charge in [0.15, 0.2) is 0 Å². The third kappa shape index (κ3) is 7.71. The number of hydrogen-bond donors (Lipinski definition) is 1. The molecule has 7 nitrogen and oxygen atoms in total. The van der Waals surface area contributed by atoms with E-state index in [2.05, 4.69) is 21.2 Å². The Hall–Kier alpha value is -2.10. The van der Waals surface area contributed by atoms with Crippen LogP contribution in [0.5, 0.6) is 0 Å². The van der Waals surface area contributed by atoms with Gasteiger partial charge in [0.1, 0.15) is 12.6 Å². The molecule has 0 spiro atoms. The highest BCUT2D eigenvalue weighted by molar-refractivity contribution is 9.10. The number of para-hydroxylation sites is 1. The summed E-state index contributed by atoms with van der Waals surface area (Å²) in [6.07, 6.45) is 2.17. The molecule has 2 aromatic rings. The van der Waals surface area contributed by atoms with Crippen molar-refractivity contribution < 1.29 is 18.0 Å². The smallest absolute Gasteiger partial charge is 0.244 e. The summed E-state index contributed by atoms with van der Waals surface area (Å²) in [7, 11) is -3.79. The highest BCUT2D eigenvalue weighted by atomic mass is 79.9. The number of benzene rings is 2. The predicted octanol–water partition coefficient (Wildman–Crippen LogP) is 4.59. The number of sulfonamides is 1. The van der Waals surface area contributed by atoms with Crippen molar-refractivity contribution in [2.45, 2.75) is 52.2 Å². The van der Waals surface area contributed by atoms with Crippen LogP contribution in [0.25, 0.3) is 0 Å². The number of amides is 2. The lowest BCUT2D eigenvalue weighted by molar-refractivity contribution is -0.140. The van der Waals surface area contributed by atoms with Gasteiger partial charge >= 0.3 is 0 Å². The molecule has 0 aromatic heterocycles. The van der Waals surface area contributed by atoms with Crippen LogP contribution in [0.2, 0.25) is 5.02 Å². The molecular formula is C24H31BrClN3O4S. The largest absolute Gasteiger partial charge is 0.352 e. The number of nitrogens with zero attached hydrogens (tertiary/aromatic N) is 2. The normalized spacial score (nSPS) is 13.1. The third-order valence-electron chi connectivity index (χ3n) is 5.45. The molecule has 0 saturated carbocycles. The summed E-state index contributed by atoms with van der Waals surface area (Å²) in [5, 5.41) is 3.50. The number of carbonyl (C=O) groups excluding carboxylic acids is 2. The Kier molecular flexibility index (Phi) is 10.4. The molecule has 186 valence electrons. The lowest BCUT2D eigenvalue weighted by Crippen LogP contribution is -2.53. The molecule has 0 aliphatic rings. The van der Waals surface area contributed by atoms with Gasteiger partial charge in [-0.25, -0.2) is 8.42 Å². The summed E-state index contributed by atoms with van der Waals surface area (Å²) in [5.41, 5.74) is 1.13. The van der Waals surface area contributed by atoms with Crippen LogP contribution in [0.3, 0.4) is 0 Å². The van der Waals surface area contributed by atoms with E-state index in [9.17, 15) is 18.0 Å². The van der Waals surface area contributed by atoms with Gasteiger partial charge in [0.05, 0.1) is 11.9 Å². The number of anilines is 1. The van der Waals surface area contributed by atoms with Gasteiger partial charge in [0.2, 0.25) is 21.8 Å². The van der Waals surface area contributed by atoms with Crippen molar-refractivity contribution >= 4 is 55.1 Å². The summed E-state index contributed by atoms with van der Waals surface area (Å²) in [5.74, 6) is -0.756. The molecular weight excluding hydrogens is 542 g/mol. The molecule has 0 heterocycles. The van der Waals surface area contributed by atoms with Gasteiger partial charge in [-0.05, 0) is 65.5 Å². The average Bonchev–Trinajstić information content (AvgIpc) is 2.78. The third-order valence-corrected chi connectivity index (χ3v) is 7.50. The quantitative estimate of drug-likeness (QED) is 0.427. The van der Waals surface area contributed by atoms with Crippen LogP contribution in [0.1, 0.15) is 39.2 Å². The minimum absolute atomic E-state index is 0.0539. The maximum absolute atomic E-state index is 13.6. The monoisotopic (exact) mass is 571 g/mol. The molecule has 2 amide bonds. The molecule has 2 atom stereocenters. The van der Waals surface area contributed by atoms with E-state index in [1.165, 1.54) is 4.90 Å². The zero-order chi connectivity index (χ0) is 25.5. The number of carbonyl (C=O) groups is 2. The maximum Gasteiger partial charge on any atom is 0.244 e. The average molecular weight is 573 g/mol. The Morgan fingerprint density at radius 1 is 1.06 bits per heavy atom. The lowest BCUT2D eigenvalue weighted by Gasteiger charge is -2.33. The molecule has 34 heavy (non-hydrogen) atoms. The van der Waals surface area contributed by atoms with Crippen molar-refractivity contribution in [3.63, 3.8) is 0 Å². The molecule has 0 aliphatic heterocycles. The standard InChI is InChI=1S/C24H31BrClN3O4S/c1-5-17(3)27-24(31)21(6-2)28(15-18-11-13-19(26)14-12-18)23(30)16-29(34(4,32)33)22-10-8-7-9-20(22)25/h7-14,17,21H,5-6,15-16H2,1-4H3,(H,27,31)/t17-,21+/m1/s1. The van der Waals surface area contributed by atoms with Crippen LogP contribution in [-0.2, 0) is 26.2 Å². The molecule has 0 saturated heterocycles.